The summed E-state index contributed by atoms with van der Waals surface area (Å²) in [7, 11) is 0. The summed E-state index contributed by atoms with van der Waals surface area (Å²) in [5.74, 6) is -0.132. The van der Waals surface area contributed by atoms with Gasteiger partial charge < -0.3 is 5.32 Å². The van der Waals surface area contributed by atoms with Crippen LogP contribution in [0.15, 0.2) is 18.2 Å². The Balaban J connectivity index is 0.000000396. The van der Waals surface area contributed by atoms with Gasteiger partial charge in [0.05, 0.1) is 0 Å². The Kier molecular flexibility index (Phi) is 3.90. The predicted octanol–water partition coefficient (Wildman–Crippen LogP) is 2.50. The van der Waals surface area contributed by atoms with Gasteiger partial charge >= 0.3 is 0 Å². The van der Waals surface area contributed by atoms with E-state index in [1.54, 1.807) is 6.07 Å². The van der Waals surface area contributed by atoms with Crippen molar-refractivity contribution in [2.45, 2.75) is 26.8 Å². The van der Waals surface area contributed by atoms with E-state index in [1.165, 1.54) is 11.6 Å². The SMILES string of the molecule is CC.Fc1ccc2c(c1)CNCC2. The lowest BCUT2D eigenvalue weighted by Gasteiger charge is -2.16. The van der Waals surface area contributed by atoms with Crippen molar-refractivity contribution in [3.8, 4) is 0 Å². The van der Waals surface area contributed by atoms with Gasteiger partial charge in [-0.05, 0) is 36.2 Å². The van der Waals surface area contributed by atoms with E-state index in [-0.39, 0.29) is 5.82 Å². The van der Waals surface area contributed by atoms with Gasteiger partial charge in [0.2, 0.25) is 0 Å². The summed E-state index contributed by atoms with van der Waals surface area (Å²) in [4.78, 5) is 0. The Bertz CT molecular complexity index is 271. The minimum absolute atomic E-state index is 0.132. The lowest BCUT2D eigenvalue weighted by Crippen LogP contribution is -2.23. The maximum Gasteiger partial charge on any atom is 0.123 e. The molecule has 2 rings (SSSR count). The molecular weight excluding hydrogens is 165 g/mol. The molecule has 0 spiro atoms. The van der Waals surface area contributed by atoms with Gasteiger partial charge in [0.25, 0.3) is 0 Å². The van der Waals surface area contributed by atoms with E-state index in [2.05, 4.69) is 5.32 Å². The largest absolute Gasteiger partial charge is 0.312 e. The molecule has 0 radical (unpaired) electrons. The number of hydrogen-bond donors (Lipinski definition) is 1. The van der Waals surface area contributed by atoms with Crippen LogP contribution >= 0.6 is 0 Å². The highest BCUT2D eigenvalue weighted by atomic mass is 19.1. The van der Waals surface area contributed by atoms with Gasteiger partial charge in [0.1, 0.15) is 5.82 Å². The second-order valence-corrected chi connectivity index (χ2v) is 2.84. The zero-order chi connectivity index (χ0) is 9.68. The van der Waals surface area contributed by atoms with Crippen molar-refractivity contribution in [2.75, 3.05) is 6.54 Å². The molecule has 0 aliphatic carbocycles. The van der Waals surface area contributed by atoms with Crippen LogP contribution in [0.1, 0.15) is 25.0 Å². The summed E-state index contributed by atoms with van der Waals surface area (Å²) in [6, 6.07) is 5.02. The molecule has 0 atom stereocenters. The Morgan fingerprint density at radius 3 is 2.77 bits per heavy atom. The third-order valence-electron chi connectivity index (χ3n) is 2.05. The molecule has 13 heavy (non-hydrogen) atoms. The Labute approximate surface area is 79.0 Å². The van der Waals surface area contributed by atoms with Crippen molar-refractivity contribution >= 4 is 0 Å². The van der Waals surface area contributed by atoms with Crippen LogP contribution in [-0.2, 0) is 13.0 Å². The van der Waals surface area contributed by atoms with Crippen LogP contribution in [0.3, 0.4) is 0 Å². The molecule has 0 amide bonds. The lowest BCUT2D eigenvalue weighted by molar-refractivity contribution is 0.604. The molecule has 0 unspecified atom stereocenters. The molecule has 0 aromatic heterocycles. The molecule has 0 fully saturated rings. The summed E-state index contributed by atoms with van der Waals surface area (Å²) in [6.45, 7) is 5.83. The first-order valence-electron chi connectivity index (χ1n) is 4.84. The highest BCUT2D eigenvalue weighted by Gasteiger charge is 2.07. The molecule has 1 aliphatic rings. The van der Waals surface area contributed by atoms with Crippen molar-refractivity contribution < 1.29 is 4.39 Å². The van der Waals surface area contributed by atoms with Gasteiger partial charge in [-0.2, -0.15) is 0 Å². The van der Waals surface area contributed by atoms with Gasteiger partial charge in [-0.3, -0.25) is 0 Å². The number of fused-ring (bicyclic) bond motifs is 1. The number of benzene rings is 1. The molecule has 0 saturated heterocycles. The molecule has 0 saturated carbocycles. The zero-order valence-corrected chi connectivity index (χ0v) is 8.23. The lowest BCUT2D eigenvalue weighted by atomic mass is 10.0. The highest BCUT2D eigenvalue weighted by molar-refractivity contribution is 5.29. The maximum absolute atomic E-state index is 12.7. The summed E-state index contributed by atoms with van der Waals surface area (Å²) in [5.41, 5.74) is 2.39. The summed E-state index contributed by atoms with van der Waals surface area (Å²) < 4.78 is 12.7. The highest BCUT2D eigenvalue weighted by Crippen LogP contribution is 2.14. The second kappa shape index (κ2) is 4.97. The molecule has 0 bridgehead atoms. The normalized spacial score (nSPS) is 14.1. The van der Waals surface area contributed by atoms with Gasteiger partial charge in [-0.25, -0.2) is 4.39 Å². The fourth-order valence-electron chi connectivity index (χ4n) is 1.45. The van der Waals surface area contributed by atoms with Gasteiger partial charge in [-0.15, -0.1) is 0 Å². The molecule has 1 aromatic rings. The first-order chi connectivity index (χ1) is 6.36. The van der Waals surface area contributed by atoms with Gasteiger partial charge in [-0.1, -0.05) is 19.9 Å². The van der Waals surface area contributed by atoms with Crippen LogP contribution in [0.25, 0.3) is 0 Å². The first-order valence-corrected chi connectivity index (χ1v) is 4.84. The second-order valence-electron chi connectivity index (χ2n) is 2.84. The van der Waals surface area contributed by atoms with E-state index in [0.29, 0.717) is 0 Å². The average Bonchev–Trinajstić information content (AvgIpc) is 2.21. The Morgan fingerprint density at radius 1 is 1.23 bits per heavy atom. The monoisotopic (exact) mass is 181 g/mol. The minimum atomic E-state index is -0.132. The zero-order valence-electron chi connectivity index (χ0n) is 8.23. The molecule has 1 N–H and O–H groups in total. The quantitative estimate of drug-likeness (QED) is 0.648. The van der Waals surface area contributed by atoms with Crippen LogP contribution in [0.4, 0.5) is 4.39 Å². The molecule has 1 aromatic carbocycles. The van der Waals surface area contributed by atoms with E-state index in [0.717, 1.165) is 25.1 Å². The first kappa shape index (κ1) is 10.2. The van der Waals surface area contributed by atoms with Gasteiger partial charge in [0.15, 0.2) is 0 Å². The topological polar surface area (TPSA) is 12.0 Å². The molecule has 2 heteroatoms. The van der Waals surface area contributed by atoms with E-state index in [4.69, 9.17) is 0 Å². The maximum atomic E-state index is 12.7. The van der Waals surface area contributed by atoms with E-state index >= 15 is 0 Å². The third-order valence-corrected chi connectivity index (χ3v) is 2.05. The molecular formula is C11H16FN. The van der Waals surface area contributed by atoms with Crippen LogP contribution in [0.5, 0.6) is 0 Å². The molecule has 1 aliphatic heterocycles. The van der Waals surface area contributed by atoms with Gasteiger partial charge in [0, 0.05) is 6.54 Å². The molecule has 72 valence electrons. The van der Waals surface area contributed by atoms with Crippen molar-refractivity contribution in [1.82, 2.24) is 5.32 Å². The van der Waals surface area contributed by atoms with E-state index < -0.39 is 0 Å². The minimum Gasteiger partial charge on any atom is -0.312 e. The Morgan fingerprint density at radius 2 is 2.00 bits per heavy atom. The smallest absolute Gasteiger partial charge is 0.123 e. The van der Waals surface area contributed by atoms with Crippen molar-refractivity contribution in [1.29, 1.82) is 0 Å². The summed E-state index contributed by atoms with van der Waals surface area (Å²) in [6.07, 6.45) is 1.02. The summed E-state index contributed by atoms with van der Waals surface area (Å²) >= 11 is 0. The Hall–Kier alpha value is -0.890. The summed E-state index contributed by atoms with van der Waals surface area (Å²) in [5, 5.41) is 3.20. The number of hydrogen-bond acceptors (Lipinski definition) is 1. The fourth-order valence-corrected chi connectivity index (χ4v) is 1.45. The third kappa shape index (κ3) is 2.52. The predicted molar refractivity (Wildman–Crippen MR) is 53.2 cm³/mol. The standard InChI is InChI=1S/C9H10FN.C2H6/c10-9-2-1-7-3-4-11-6-8(7)5-9;1-2/h1-2,5,11H,3-4,6H2;1-2H3. The van der Waals surface area contributed by atoms with Crippen LogP contribution in [-0.4, -0.2) is 6.54 Å². The van der Waals surface area contributed by atoms with Crippen LogP contribution in [0, 0.1) is 5.82 Å². The van der Waals surface area contributed by atoms with E-state index in [9.17, 15) is 4.39 Å². The van der Waals surface area contributed by atoms with Crippen molar-refractivity contribution in [2.24, 2.45) is 0 Å². The molecule has 1 nitrogen and oxygen atoms in total. The van der Waals surface area contributed by atoms with Crippen LogP contribution in [0.2, 0.25) is 0 Å². The average molecular weight is 181 g/mol. The van der Waals surface area contributed by atoms with Crippen LogP contribution < -0.4 is 5.32 Å². The number of halogens is 1. The van der Waals surface area contributed by atoms with Crippen molar-refractivity contribution in [3.05, 3.63) is 35.1 Å². The van der Waals surface area contributed by atoms with E-state index in [1.807, 2.05) is 19.9 Å². The molecule has 1 heterocycles. The van der Waals surface area contributed by atoms with Crippen molar-refractivity contribution in [3.63, 3.8) is 0 Å². The number of rotatable bonds is 0. The fraction of sp³-hybridized carbons (Fsp3) is 0.455. The number of nitrogens with one attached hydrogen (secondary N) is 1.